The lowest BCUT2D eigenvalue weighted by Gasteiger charge is -2.18. The van der Waals surface area contributed by atoms with Crippen molar-refractivity contribution in [2.75, 3.05) is 0 Å². The van der Waals surface area contributed by atoms with Crippen LogP contribution in [0.15, 0.2) is 16.6 Å². The second kappa shape index (κ2) is 4.25. The van der Waals surface area contributed by atoms with Gasteiger partial charge in [0.15, 0.2) is 11.6 Å². The fraction of sp³-hybridized carbons (Fsp3) is 0.333. The lowest BCUT2D eigenvalue weighted by Crippen LogP contribution is -2.23. The maximum atomic E-state index is 13.0. The molecular weight excluding hydrogens is 253 g/mol. The third kappa shape index (κ3) is 2.05. The average molecular weight is 264 g/mol. The predicted octanol–water partition coefficient (Wildman–Crippen LogP) is 1.67. The first kappa shape index (κ1) is 11.4. The summed E-state index contributed by atoms with van der Waals surface area (Å²) in [5.74, 6) is -1.27. The summed E-state index contributed by atoms with van der Waals surface area (Å²) in [6.45, 7) is 1.47. The molecule has 14 heavy (non-hydrogen) atoms. The molecule has 0 unspecified atom stereocenters. The van der Waals surface area contributed by atoms with E-state index in [0.29, 0.717) is 4.47 Å². The molecule has 2 atom stereocenters. The molecule has 1 aromatic carbocycles. The number of hydrogen-bond donors (Lipinski definition) is 3. The van der Waals surface area contributed by atoms with Crippen molar-refractivity contribution in [1.29, 1.82) is 0 Å². The number of aliphatic hydroxyl groups excluding tert-OH is 1. The van der Waals surface area contributed by atoms with Crippen molar-refractivity contribution in [2.24, 2.45) is 5.73 Å². The second-order valence-electron chi connectivity index (χ2n) is 3.06. The van der Waals surface area contributed by atoms with Crippen LogP contribution < -0.4 is 5.73 Å². The lowest BCUT2D eigenvalue weighted by molar-refractivity contribution is 0.162. The third-order valence-electron chi connectivity index (χ3n) is 1.97. The van der Waals surface area contributed by atoms with Crippen molar-refractivity contribution in [3.8, 4) is 5.75 Å². The standard InChI is InChI=1S/C9H11BrFNO2/c1-4(13)8(12)7-5(10)2-3-6(11)9(7)14/h2-4,8,13-14H,12H2,1H3/t4-,8-/m0/s1. The molecule has 1 rings (SSSR count). The molecule has 0 saturated carbocycles. The Morgan fingerprint density at radius 1 is 1.50 bits per heavy atom. The zero-order chi connectivity index (χ0) is 10.9. The Hall–Kier alpha value is -0.650. The van der Waals surface area contributed by atoms with Gasteiger partial charge in [0.05, 0.1) is 12.1 Å². The second-order valence-corrected chi connectivity index (χ2v) is 3.91. The molecule has 0 heterocycles. The molecule has 0 amide bonds. The van der Waals surface area contributed by atoms with E-state index < -0.39 is 23.7 Å². The number of phenols is 1. The average Bonchev–Trinajstić information content (AvgIpc) is 2.12. The molecule has 0 saturated heterocycles. The highest BCUT2D eigenvalue weighted by atomic mass is 79.9. The molecule has 0 radical (unpaired) electrons. The van der Waals surface area contributed by atoms with Crippen LogP contribution in [0.5, 0.6) is 5.75 Å². The summed E-state index contributed by atoms with van der Waals surface area (Å²) in [4.78, 5) is 0. The molecule has 5 heteroatoms. The summed E-state index contributed by atoms with van der Waals surface area (Å²) in [6.07, 6.45) is -0.862. The maximum Gasteiger partial charge on any atom is 0.165 e. The molecule has 0 aliphatic heterocycles. The van der Waals surface area contributed by atoms with Gasteiger partial charge in [-0.15, -0.1) is 0 Å². The van der Waals surface area contributed by atoms with E-state index >= 15 is 0 Å². The first-order chi connectivity index (χ1) is 6.45. The van der Waals surface area contributed by atoms with Crippen LogP contribution in [0.4, 0.5) is 4.39 Å². The van der Waals surface area contributed by atoms with Crippen molar-refractivity contribution in [3.05, 3.63) is 28.0 Å². The monoisotopic (exact) mass is 263 g/mol. The SMILES string of the molecule is C[C@H](O)[C@H](N)c1c(Br)ccc(F)c1O. The minimum atomic E-state index is -0.862. The van der Waals surface area contributed by atoms with Crippen molar-refractivity contribution < 1.29 is 14.6 Å². The Balaban J connectivity index is 3.25. The van der Waals surface area contributed by atoms with E-state index in [0.717, 1.165) is 6.07 Å². The lowest BCUT2D eigenvalue weighted by atomic mass is 10.0. The first-order valence-electron chi connectivity index (χ1n) is 4.05. The van der Waals surface area contributed by atoms with E-state index in [2.05, 4.69) is 15.9 Å². The van der Waals surface area contributed by atoms with E-state index in [-0.39, 0.29) is 5.56 Å². The van der Waals surface area contributed by atoms with Crippen molar-refractivity contribution in [2.45, 2.75) is 19.1 Å². The number of rotatable bonds is 2. The minimum Gasteiger partial charge on any atom is -0.505 e. The quantitative estimate of drug-likeness (QED) is 0.761. The highest BCUT2D eigenvalue weighted by Crippen LogP contribution is 2.34. The van der Waals surface area contributed by atoms with Crippen LogP contribution in [0.25, 0.3) is 0 Å². The van der Waals surface area contributed by atoms with Crippen LogP contribution in [0.3, 0.4) is 0 Å². The molecule has 0 bridgehead atoms. The van der Waals surface area contributed by atoms with Gasteiger partial charge in [-0.05, 0) is 19.1 Å². The summed E-state index contributed by atoms with van der Waals surface area (Å²) in [5.41, 5.74) is 5.78. The van der Waals surface area contributed by atoms with E-state index in [9.17, 15) is 14.6 Å². The van der Waals surface area contributed by atoms with Gasteiger partial charge in [-0.25, -0.2) is 4.39 Å². The summed E-state index contributed by atoms with van der Waals surface area (Å²) < 4.78 is 13.5. The summed E-state index contributed by atoms with van der Waals surface area (Å²) in [6, 6.07) is 1.74. The van der Waals surface area contributed by atoms with E-state index in [1.54, 1.807) is 0 Å². The van der Waals surface area contributed by atoms with Crippen LogP contribution in [0, 0.1) is 5.82 Å². The van der Waals surface area contributed by atoms with Gasteiger partial charge >= 0.3 is 0 Å². The zero-order valence-corrected chi connectivity index (χ0v) is 9.12. The van der Waals surface area contributed by atoms with Crippen LogP contribution in [-0.2, 0) is 0 Å². The van der Waals surface area contributed by atoms with E-state index in [1.165, 1.54) is 13.0 Å². The Morgan fingerprint density at radius 2 is 2.07 bits per heavy atom. The molecule has 4 N–H and O–H groups in total. The third-order valence-corrected chi connectivity index (χ3v) is 2.66. The Morgan fingerprint density at radius 3 is 2.57 bits per heavy atom. The van der Waals surface area contributed by atoms with Crippen LogP contribution in [0.1, 0.15) is 18.5 Å². The minimum absolute atomic E-state index is 0.181. The largest absolute Gasteiger partial charge is 0.505 e. The maximum absolute atomic E-state index is 13.0. The number of phenolic OH excluding ortho intramolecular Hbond substituents is 1. The highest BCUT2D eigenvalue weighted by Gasteiger charge is 2.21. The number of nitrogens with two attached hydrogens (primary N) is 1. The molecule has 0 aromatic heterocycles. The number of aromatic hydroxyl groups is 1. The smallest absolute Gasteiger partial charge is 0.165 e. The zero-order valence-electron chi connectivity index (χ0n) is 7.54. The van der Waals surface area contributed by atoms with E-state index in [1.807, 2.05) is 0 Å². The van der Waals surface area contributed by atoms with Gasteiger partial charge in [0.1, 0.15) is 0 Å². The molecule has 78 valence electrons. The molecular formula is C9H11BrFNO2. The van der Waals surface area contributed by atoms with E-state index in [4.69, 9.17) is 5.73 Å². The highest BCUT2D eigenvalue weighted by molar-refractivity contribution is 9.10. The van der Waals surface area contributed by atoms with Crippen LogP contribution in [-0.4, -0.2) is 16.3 Å². The molecule has 0 spiro atoms. The van der Waals surface area contributed by atoms with Crippen molar-refractivity contribution >= 4 is 15.9 Å². The van der Waals surface area contributed by atoms with Gasteiger partial charge in [-0.3, -0.25) is 0 Å². The Kier molecular flexibility index (Phi) is 3.47. The van der Waals surface area contributed by atoms with Gasteiger partial charge in [-0.2, -0.15) is 0 Å². The number of halogens is 2. The van der Waals surface area contributed by atoms with Gasteiger partial charge < -0.3 is 15.9 Å². The summed E-state index contributed by atoms with van der Waals surface area (Å²) in [7, 11) is 0. The van der Waals surface area contributed by atoms with Crippen molar-refractivity contribution in [1.82, 2.24) is 0 Å². The van der Waals surface area contributed by atoms with Gasteiger partial charge in [-0.1, -0.05) is 15.9 Å². The molecule has 0 fully saturated rings. The van der Waals surface area contributed by atoms with Crippen LogP contribution >= 0.6 is 15.9 Å². The Bertz CT molecular complexity index is 344. The molecule has 0 aliphatic carbocycles. The van der Waals surface area contributed by atoms with Gasteiger partial charge in [0.25, 0.3) is 0 Å². The summed E-state index contributed by atoms with van der Waals surface area (Å²) >= 11 is 3.13. The van der Waals surface area contributed by atoms with Gasteiger partial charge in [0, 0.05) is 10.0 Å². The number of hydrogen-bond acceptors (Lipinski definition) is 3. The molecule has 3 nitrogen and oxygen atoms in total. The normalized spacial score (nSPS) is 15.2. The molecule has 0 aliphatic rings. The van der Waals surface area contributed by atoms with Crippen LogP contribution in [0.2, 0.25) is 0 Å². The Labute approximate surface area is 89.5 Å². The number of benzene rings is 1. The van der Waals surface area contributed by atoms with Crippen molar-refractivity contribution in [3.63, 3.8) is 0 Å². The molecule has 1 aromatic rings. The topological polar surface area (TPSA) is 66.5 Å². The number of aliphatic hydroxyl groups is 1. The summed E-state index contributed by atoms with van der Waals surface area (Å²) in [5, 5.41) is 18.6. The van der Waals surface area contributed by atoms with Gasteiger partial charge in [0.2, 0.25) is 0 Å². The fourth-order valence-corrected chi connectivity index (χ4v) is 1.70. The first-order valence-corrected chi connectivity index (χ1v) is 4.85. The fourth-order valence-electron chi connectivity index (χ4n) is 1.12. The predicted molar refractivity (Wildman–Crippen MR) is 54.4 cm³/mol.